The van der Waals surface area contributed by atoms with E-state index in [1.165, 1.54) is 7.11 Å². The molecule has 1 aromatic carbocycles. The molecule has 0 aromatic heterocycles. The molecular formula is C17H22O3Se. The summed E-state index contributed by atoms with van der Waals surface area (Å²) in [5, 5.41) is 0. The Kier molecular flexibility index (Phi) is 5.23. The summed E-state index contributed by atoms with van der Waals surface area (Å²) >= 11 is 0.781. The Morgan fingerprint density at radius 1 is 1.38 bits per heavy atom. The molecule has 0 amide bonds. The molecule has 1 fully saturated rings. The zero-order valence-corrected chi connectivity index (χ0v) is 14.6. The molecular weight excluding hydrogens is 331 g/mol. The van der Waals surface area contributed by atoms with Gasteiger partial charge in [0.2, 0.25) is 0 Å². The number of benzene rings is 1. The van der Waals surface area contributed by atoms with Gasteiger partial charge in [-0.15, -0.1) is 0 Å². The van der Waals surface area contributed by atoms with Crippen LogP contribution in [0.5, 0.6) is 0 Å². The first-order valence-corrected chi connectivity index (χ1v) is 9.16. The van der Waals surface area contributed by atoms with Gasteiger partial charge < -0.3 is 4.74 Å². The summed E-state index contributed by atoms with van der Waals surface area (Å²) < 4.78 is 7.93. The van der Waals surface area contributed by atoms with Crippen molar-refractivity contribution in [2.45, 2.75) is 39.5 Å². The summed E-state index contributed by atoms with van der Waals surface area (Å²) in [5.74, 6) is -0.280. The molecule has 0 saturated heterocycles. The average Bonchev–Trinajstić information content (AvgIpc) is 3.29. The van der Waals surface area contributed by atoms with Crippen molar-refractivity contribution in [1.82, 2.24) is 0 Å². The SMILES string of the molecule is CCC1(C(=O)OC)CCCC(C)C1=O.c1ccc2c(c1)[Se]2. The van der Waals surface area contributed by atoms with E-state index in [0.29, 0.717) is 12.8 Å². The first-order valence-electron chi connectivity index (χ1n) is 7.44. The second-order valence-electron chi connectivity index (χ2n) is 5.63. The first-order chi connectivity index (χ1) is 10.0. The average molecular weight is 353 g/mol. The van der Waals surface area contributed by atoms with Crippen molar-refractivity contribution in [3.63, 3.8) is 0 Å². The monoisotopic (exact) mass is 354 g/mol. The first kappa shape index (κ1) is 16.3. The summed E-state index contributed by atoms with van der Waals surface area (Å²) in [6.45, 7) is 3.78. The molecule has 2 aliphatic rings. The normalized spacial score (nSPS) is 26.2. The quantitative estimate of drug-likeness (QED) is 0.468. The summed E-state index contributed by atoms with van der Waals surface area (Å²) in [6.07, 6.45) is 3.05. The Hall–Kier alpha value is -1.12. The van der Waals surface area contributed by atoms with Gasteiger partial charge in [0.25, 0.3) is 0 Å². The van der Waals surface area contributed by atoms with Crippen LogP contribution in [0.15, 0.2) is 24.3 Å². The van der Waals surface area contributed by atoms with Crippen LogP contribution in [0.1, 0.15) is 39.5 Å². The van der Waals surface area contributed by atoms with Gasteiger partial charge in [0.1, 0.15) is 5.41 Å². The summed E-state index contributed by atoms with van der Waals surface area (Å²) in [5.41, 5.74) is -0.841. The van der Waals surface area contributed by atoms with Crippen molar-refractivity contribution in [1.29, 1.82) is 0 Å². The van der Waals surface area contributed by atoms with Crippen LogP contribution in [0.25, 0.3) is 0 Å². The number of Topliss-reactive ketones (excluding diaryl/α,β-unsaturated/α-hetero) is 1. The maximum absolute atomic E-state index is 12.0. The maximum atomic E-state index is 12.0. The van der Waals surface area contributed by atoms with E-state index < -0.39 is 5.41 Å². The molecule has 0 radical (unpaired) electrons. The van der Waals surface area contributed by atoms with E-state index in [-0.39, 0.29) is 17.7 Å². The number of rotatable bonds is 2. The minimum atomic E-state index is -0.841. The molecule has 1 aliphatic carbocycles. The van der Waals surface area contributed by atoms with Crippen LogP contribution in [-0.4, -0.2) is 33.8 Å². The second-order valence-corrected chi connectivity index (χ2v) is 7.91. The predicted octanol–water partition coefficient (Wildman–Crippen LogP) is 1.60. The molecule has 4 heteroatoms. The topological polar surface area (TPSA) is 43.4 Å². The Balaban J connectivity index is 0.000000189. The number of carbonyl (C=O) groups excluding carboxylic acids is 2. The number of fused-ring (bicyclic) bond motifs is 1. The van der Waals surface area contributed by atoms with Crippen LogP contribution >= 0.6 is 0 Å². The summed E-state index contributed by atoms with van der Waals surface area (Å²) in [4.78, 5) is 23.6. The van der Waals surface area contributed by atoms with Crippen LogP contribution in [0.4, 0.5) is 0 Å². The van der Waals surface area contributed by atoms with E-state index in [2.05, 4.69) is 24.3 Å². The van der Waals surface area contributed by atoms with Gasteiger partial charge in [-0.1, -0.05) is 20.3 Å². The van der Waals surface area contributed by atoms with Crippen molar-refractivity contribution in [3.05, 3.63) is 24.3 Å². The molecule has 2 unspecified atom stereocenters. The van der Waals surface area contributed by atoms with E-state index in [1.54, 1.807) is 8.92 Å². The predicted molar refractivity (Wildman–Crippen MR) is 84.2 cm³/mol. The fraction of sp³-hybridized carbons (Fsp3) is 0.529. The second kappa shape index (κ2) is 6.76. The van der Waals surface area contributed by atoms with Crippen molar-refractivity contribution < 1.29 is 14.3 Å². The van der Waals surface area contributed by atoms with Crippen molar-refractivity contribution in [2.24, 2.45) is 11.3 Å². The van der Waals surface area contributed by atoms with E-state index in [1.807, 2.05) is 13.8 Å². The number of methoxy groups -OCH3 is 1. The number of carbonyl (C=O) groups is 2. The molecule has 0 spiro atoms. The Labute approximate surface area is 132 Å². The molecule has 1 aliphatic heterocycles. The third-order valence-corrected chi connectivity index (χ3v) is 6.36. The van der Waals surface area contributed by atoms with Gasteiger partial charge in [-0.05, 0) is 19.3 Å². The molecule has 1 saturated carbocycles. The summed E-state index contributed by atoms with van der Waals surface area (Å²) in [6, 6.07) is 8.62. The Bertz CT molecular complexity index is 520. The van der Waals surface area contributed by atoms with Gasteiger partial charge in [0.15, 0.2) is 5.78 Å². The van der Waals surface area contributed by atoms with Gasteiger partial charge in [0, 0.05) is 5.92 Å². The Morgan fingerprint density at radius 3 is 2.48 bits per heavy atom. The molecule has 2 atom stereocenters. The Morgan fingerprint density at radius 2 is 2.00 bits per heavy atom. The van der Waals surface area contributed by atoms with Crippen LogP contribution in [-0.2, 0) is 14.3 Å². The van der Waals surface area contributed by atoms with Crippen molar-refractivity contribution in [3.8, 4) is 0 Å². The van der Waals surface area contributed by atoms with Crippen LogP contribution in [0, 0.1) is 11.3 Å². The standard InChI is InChI=1S/C11H18O3.C6H4Se/c1-4-11(10(13)14-3)7-5-6-8(2)9(11)12;1-2-4-6-5(3-1)7-6/h8H,4-7H2,1-3H3;1-4H. The van der Waals surface area contributed by atoms with E-state index in [0.717, 1.165) is 27.8 Å². The molecule has 3 nitrogen and oxygen atoms in total. The zero-order chi connectivity index (χ0) is 15.5. The fourth-order valence-corrected chi connectivity index (χ4v) is 4.23. The number of hydrogen-bond donors (Lipinski definition) is 0. The third kappa shape index (κ3) is 3.38. The fourth-order valence-electron chi connectivity index (χ4n) is 2.94. The molecule has 0 bridgehead atoms. The van der Waals surface area contributed by atoms with Crippen LogP contribution < -0.4 is 8.92 Å². The van der Waals surface area contributed by atoms with Gasteiger partial charge in [-0.3, -0.25) is 9.59 Å². The van der Waals surface area contributed by atoms with Crippen molar-refractivity contribution in [2.75, 3.05) is 7.11 Å². The molecule has 114 valence electrons. The van der Waals surface area contributed by atoms with Crippen LogP contribution in [0.3, 0.4) is 0 Å². The molecule has 1 heterocycles. The van der Waals surface area contributed by atoms with Gasteiger partial charge in [-0.2, -0.15) is 0 Å². The number of esters is 1. The van der Waals surface area contributed by atoms with Crippen LogP contribution in [0.2, 0.25) is 0 Å². The van der Waals surface area contributed by atoms with Gasteiger partial charge in [0.05, 0.1) is 7.11 Å². The molecule has 21 heavy (non-hydrogen) atoms. The number of ketones is 1. The molecule has 1 aromatic rings. The molecule has 3 rings (SSSR count). The zero-order valence-electron chi connectivity index (χ0n) is 12.8. The third-order valence-electron chi connectivity index (χ3n) is 4.37. The number of hydrogen-bond acceptors (Lipinski definition) is 3. The van der Waals surface area contributed by atoms with Gasteiger partial charge >= 0.3 is 54.1 Å². The van der Waals surface area contributed by atoms with E-state index in [4.69, 9.17) is 4.74 Å². The van der Waals surface area contributed by atoms with E-state index >= 15 is 0 Å². The minimum absolute atomic E-state index is 0.00259. The van der Waals surface area contributed by atoms with Gasteiger partial charge in [-0.25, -0.2) is 0 Å². The van der Waals surface area contributed by atoms with Crippen molar-refractivity contribution >= 4 is 35.6 Å². The molecule has 0 N–H and O–H groups in total. The summed E-state index contributed by atoms with van der Waals surface area (Å²) in [7, 11) is 1.35. The number of ether oxygens (including phenoxy) is 1. The van der Waals surface area contributed by atoms with E-state index in [9.17, 15) is 9.59 Å².